The number of nitrogens with one attached hydrogen (secondary N) is 1. The van der Waals surface area contributed by atoms with E-state index in [1.54, 1.807) is 0 Å². The predicted molar refractivity (Wildman–Crippen MR) is 120 cm³/mol. The largest absolute Gasteiger partial charge is 0.424 e. The van der Waals surface area contributed by atoms with Gasteiger partial charge in [-0.25, -0.2) is 0 Å². The normalized spacial score (nSPS) is 17.9. The lowest BCUT2D eigenvalue weighted by Gasteiger charge is -2.32. The second kappa shape index (κ2) is 8.33. The van der Waals surface area contributed by atoms with Crippen molar-refractivity contribution in [2.45, 2.75) is 37.6 Å². The van der Waals surface area contributed by atoms with Gasteiger partial charge >= 0.3 is 6.01 Å². The SMILES string of the molecule is CC1CN(c2cc(NSc3ccccc3)nc(Oc3ccccc3)n2)C(C)(C)C1. The molecule has 0 radical (unpaired) electrons. The van der Waals surface area contributed by atoms with Gasteiger partial charge in [-0.15, -0.1) is 0 Å². The number of para-hydroxylation sites is 1. The molecule has 1 aliphatic heterocycles. The number of hydrogen-bond donors (Lipinski definition) is 1. The van der Waals surface area contributed by atoms with E-state index in [-0.39, 0.29) is 5.54 Å². The van der Waals surface area contributed by atoms with E-state index in [0.29, 0.717) is 11.9 Å². The molecule has 0 saturated carbocycles. The zero-order chi connectivity index (χ0) is 20.3. The lowest BCUT2D eigenvalue weighted by Crippen LogP contribution is -2.38. The third-order valence-electron chi connectivity index (χ3n) is 5.01. The molecule has 1 fully saturated rings. The number of ether oxygens (including phenoxy) is 1. The second-order valence-electron chi connectivity index (χ2n) is 8.06. The van der Waals surface area contributed by atoms with E-state index in [9.17, 15) is 0 Å². The number of rotatable bonds is 6. The first-order valence-corrected chi connectivity index (χ1v) is 10.7. The standard InChI is InChI=1S/C23H26N4OS/c1-17-15-23(2,3)27(16-17)21-14-20(26-29-19-12-8-5-9-13-19)24-22(25-21)28-18-10-6-4-7-11-18/h4-14,17H,15-16H2,1-3H3,(H,24,25,26). The molecule has 1 N–H and O–H groups in total. The zero-order valence-corrected chi connectivity index (χ0v) is 17.8. The molecule has 0 bridgehead atoms. The van der Waals surface area contributed by atoms with Crippen LogP contribution < -0.4 is 14.4 Å². The lowest BCUT2D eigenvalue weighted by atomic mass is 9.98. The van der Waals surface area contributed by atoms with E-state index in [1.165, 1.54) is 11.9 Å². The van der Waals surface area contributed by atoms with Crippen molar-refractivity contribution in [1.82, 2.24) is 9.97 Å². The number of benzene rings is 2. The smallest absolute Gasteiger partial charge is 0.325 e. The Bertz CT molecular complexity index is 950. The Hall–Kier alpha value is -2.73. The van der Waals surface area contributed by atoms with Crippen LogP contribution in [0.4, 0.5) is 11.6 Å². The summed E-state index contributed by atoms with van der Waals surface area (Å²) in [5, 5.41) is 0. The summed E-state index contributed by atoms with van der Waals surface area (Å²) in [4.78, 5) is 12.8. The number of anilines is 2. The van der Waals surface area contributed by atoms with Crippen LogP contribution in [0.15, 0.2) is 71.6 Å². The Balaban J connectivity index is 1.63. The molecule has 4 rings (SSSR count). The van der Waals surface area contributed by atoms with E-state index in [4.69, 9.17) is 9.72 Å². The van der Waals surface area contributed by atoms with Crippen LogP contribution in [-0.2, 0) is 0 Å². The van der Waals surface area contributed by atoms with E-state index in [2.05, 4.69) is 47.5 Å². The maximum Gasteiger partial charge on any atom is 0.325 e. The highest BCUT2D eigenvalue weighted by atomic mass is 32.2. The fourth-order valence-electron chi connectivity index (χ4n) is 3.83. The Kier molecular flexibility index (Phi) is 5.62. The van der Waals surface area contributed by atoms with Gasteiger partial charge in [0.1, 0.15) is 17.4 Å². The van der Waals surface area contributed by atoms with Crippen molar-refractivity contribution in [3.63, 3.8) is 0 Å². The number of hydrogen-bond acceptors (Lipinski definition) is 6. The number of aromatic nitrogens is 2. The van der Waals surface area contributed by atoms with Crippen molar-refractivity contribution in [1.29, 1.82) is 0 Å². The molecular formula is C23H26N4OS. The second-order valence-corrected chi connectivity index (χ2v) is 8.94. The van der Waals surface area contributed by atoms with Gasteiger partial charge < -0.3 is 14.4 Å². The molecule has 1 saturated heterocycles. The highest BCUT2D eigenvalue weighted by Crippen LogP contribution is 2.37. The van der Waals surface area contributed by atoms with Crippen LogP contribution in [0.3, 0.4) is 0 Å². The zero-order valence-electron chi connectivity index (χ0n) is 17.0. The summed E-state index contributed by atoms with van der Waals surface area (Å²) < 4.78 is 9.32. The molecule has 0 amide bonds. The molecule has 1 unspecified atom stereocenters. The molecule has 0 spiro atoms. The van der Waals surface area contributed by atoms with Crippen molar-refractivity contribution in [2.75, 3.05) is 16.2 Å². The summed E-state index contributed by atoms with van der Waals surface area (Å²) in [5.41, 5.74) is 0.0433. The molecule has 1 aliphatic rings. The van der Waals surface area contributed by atoms with Gasteiger partial charge in [0, 0.05) is 23.0 Å². The molecule has 1 atom stereocenters. The minimum Gasteiger partial charge on any atom is -0.424 e. The molecule has 6 heteroatoms. The molecule has 2 aromatic carbocycles. The molecule has 150 valence electrons. The highest BCUT2D eigenvalue weighted by Gasteiger charge is 2.37. The summed E-state index contributed by atoms with van der Waals surface area (Å²) in [6, 6.07) is 22.2. The maximum absolute atomic E-state index is 5.97. The molecule has 2 heterocycles. The maximum atomic E-state index is 5.97. The highest BCUT2D eigenvalue weighted by molar-refractivity contribution is 8.00. The predicted octanol–water partition coefficient (Wildman–Crippen LogP) is 6.01. The Morgan fingerprint density at radius 1 is 1.03 bits per heavy atom. The van der Waals surface area contributed by atoms with Crippen LogP contribution in [0.5, 0.6) is 11.8 Å². The first-order chi connectivity index (χ1) is 14.0. The molecule has 0 aliphatic carbocycles. The lowest BCUT2D eigenvalue weighted by molar-refractivity contribution is 0.439. The van der Waals surface area contributed by atoms with Gasteiger partial charge in [0.2, 0.25) is 0 Å². The van der Waals surface area contributed by atoms with Crippen LogP contribution in [0.1, 0.15) is 27.2 Å². The van der Waals surface area contributed by atoms with Gasteiger partial charge in [-0.1, -0.05) is 43.3 Å². The van der Waals surface area contributed by atoms with Crippen LogP contribution in [0.2, 0.25) is 0 Å². The van der Waals surface area contributed by atoms with E-state index in [0.717, 1.165) is 35.2 Å². The topological polar surface area (TPSA) is 50.3 Å². The van der Waals surface area contributed by atoms with Crippen LogP contribution >= 0.6 is 11.9 Å². The first-order valence-electron chi connectivity index (χ1n) is 9.87. The van der Waals surface area contributed by atoms with Gasteiger partial charge in [0.25, 0.3) is 0 Å². The minimum absolute atomic E-state index is 0.0433. The third kappa shape index (κ3) is 4.82. The monoisotopic (exact) mass is 406 g/mol. The summed E-state index contributed by atoms with van der Waals surface area (Å²) in [6.45, 7) is 7.79. The third-order valence-corrected chi connectivity index (χ3v) is 5.83. The summed E-state index contributed by atoms with van der Waals surface area (Å²) in [5.74, 6) is 2.95. The summed E-state index contributed by atoms with van der Waals surface area (Å²) in [7, 11) is 0. The molecular weight excluding hydrogens is 380 g/mol. The van der Waals surface area contributed by atoms with Gasteiger partial charge in [0.15, 0.2) is 0 Å². The molecule has 3 aromatic rings. The van der Waals surface area contributed by atoms with Gasteiger partial charge in [-0.3, -0.25) is 0 Å². The van der Waals surface area contributed by atoms with E-state index < -0.39 is 0 Å². The van der Waals surface area contributed by atoms with Crippen LogP contribution in [-0.4, -0.2) is 22.1 Å². The molecule has 1 aromatic heterocycles. The quantitative estimate of drug-likeness (QED) is 0.506. The van der Waals surface area contributed by atoms with Crippen molar-refractivity contribution >= 4 is 23.6 Å². The van der Waals surface area contributed by atoms with Crippen molar-refractivity contribution < 1.29 is 4.74 Å². The van der Waals surface area contributed by atoms with Crippen LogP contribution in [0, 0.1) is 5.92 Å². The average molecular weight is 407 g/mol. The summed E-state index contributed by atoms with van der Waals surface area (Å²) in [6.07, 6.45) is 1.13. The fraction of sp³-hybridized carbons (Fsp3) is 0.304. The van der Waals surface area contributed by atoms with Crippen molar-refractivity contribution in [2.24, 2.45) is 5.92 Å². The first kappa shape index (κ1) is 19.6. The van der Waals surface area contributed by atoms with Crippen molar-refractivity contribution in [3.8, 4) is 11.8 Å². The summed E-state index contributed by atoms with van der Waals surface area (Å²) >= 11 is 1.53. The van der Waals surface area contributed by atoms with Gasteiger partial charge in [0.05, 0.1) is 0 Å². The number of nitrogens with zero attached hydrogens (tertiary/aromatic N) is 3. The molecule has 5 nitrogen and oxygen atoms in total. The van der Waals surface area contributed by atoms with Gasteiger partial charge in [-0.05, 0) is 62.4 Å². The average Bonchev–Trinajstić information content (AvgIpc) is 3.00. The van der Waals surface area contributed by atoms with Crippen molar-refractivity contribution in [3.05, 3.63) is 66.7 Å². The van der Waals surface area contributed by atoms with Crippen LogP contribution in [0.25, 0.3) is 0 Å². The molecule has 29 heavy (non-hydrogen) atoms. The minimum atomic E-state index is 0.0433. The Labute approximate surface area is 176 Å². The Morgan fingerprint density at radius 3 is 2.38 bits per heavy atom. The van der Waals surface area contributed by atoms with E-state index >= 15 is 0 Å². The Morgan fingerprint density at radius 2 is 1.72 bits per heavy atom. The van der Waals surface area contributed by atoms with Gasteiger partial charge in [-0.2, -0.15) is 9.97 Å². The fourth-order valence-corrected chi connectivity index (χ4v) is 4.45. The van der Waals surface area contributed by atoms with E-state index in [1.807, 2.05) is 54.6 Å².